The highest BCUT2D eigenvalue weighted by Gasteiger charge is 2.30. The molecule has 0 saturated heterocycles. The second kappa shape index (κ2) is 9.49. The summed E-state index contributed by atoms with van der Waals surface area (Å²) in [5, 5.41) is 2.74. The van der Waals surface area contributed by atoms with E-state index in [1.165, 1.54) is 13.0 Å². The Balaban J connectivity index is 1.61. The third-order valence-corrected chi connectivity index (χ3v) is 6.48. The second-order valence-corrected chi connectivity index (χ2v) is 9.12. The van der Waals surface area contributed by atoms with E-state index in [9.17, 15) is 18.0 Å². The molecule has 0 saturated carbocycles. The summed E-state index contributed by atoms with van der Waals surface area (Å²) in [6.07, 6.45) is 0.569. The van der Waals surface area contributed by atoms with Gasteiger partial charge in [0, 0.05) is 31.6 Å². The first-order valence-electron chi connectivity index (χ1n) is 10.2. The van der Waals surface area contributed by atoms with Crippen LogP contribution in [0.1, 0.15) is 32.8 Å². The zero-order chi connectivity index (χ0) is 22.6. The van der Waals surface area contributed by atoms with Crippen LogP contribution in [0.5, 0.6) is 5.75 Å². The van der Waals surface area contributed by atoms with Gasteiger partial charge in [-0.25, -0.2) is 13.1 Å². The van der Waals surface area contributed by atoms with Crippen molar-refractivity contribution >= 4 is 33.2 Å². The fraction of sp³-hybridized carbons (Fsp3) is 0.364. The molecule has 0 radical (unpaired) electrons. The van der Waals surface area contributed by atoms with Crippen molar-refractivity contribution in [3.63, 3.8) is 0 Å². The number of fused-ring (bicyclic) bond motifs is 1. The molecule has 2 aromatic carbocycles. The average Bonchev–Trinajstić information content (AvgIpc) is 3.04. The number of hydrogen-bond acceptors (Lipinski definition) is 5. The summed E-state index contributed by atoms with van der Waals surface area (Å²) in [6.45, 7) is 5.70. The molecule has 166 valence electrons. The van der Waals surface area contributed by atoms with Crippen LogP contribution in [0.15, 0.2) is 47.4 Å². The molecular weight excluding hydrogens is 418 g/mol. The van der Waals surface area contributed by atoms with E-state index >= 15 is 0 Å². The number of para-hydroxylation sites is 2. The summed E-state index contributed by atoms with van der Waals surface area (Å²) in [6, 6.07) is 11.8. The van der Waals surface area contributed by atoms with Crippen LogP contribution in [0.3, 0.4) is 0 Å². The van der Waals surface area contributed by atoms with Crippen molar-refractivity contribution < 1.29 is 22.7 Å². The maximum atomic E-state index is 12.7. The topological polar surface area (TPSA) is 105 Å². The van der Waals surface area contributed by atoms with Gasteiger partial charge in [-0.2, -0.15) is 0 Å². The van der Waals surface area contributed by atoms with Crippen molar-refractivity contribution in [2.24, 2.45) is 0 Å². The zero-order valence-electron chi connectivity index (χ0n) is 17.8. The van der Waals surface area contributed by atoms with Crippen molar-refractivity contribution in [3.05, 3.63) is 48.0 Å². The van der Waals surface area contributed by atoms with E-state index in [1.54, 1.807) is 35.2 Å². The lowest BCUT2D eigenvalue weighted by Gasteiger charge is -2.20. The lowest BCUT2D eigenvalue weighted by molar-refractivity contribution is -0.117. The molecule has 1 atom stereocenters. The van der Waals surface area contributed by atoms with Crippen LogP contribution in [-0.2, 0) is 26.0 Å². The van der Waals surface area contributed by atoms with E-state index in [0.29, 0.717) is 24.5 Å². The van der Waals surface area contributed by atoms with Gasteiger partial charge in [0.2, 0.25) is 21.8 Å². The highest BCUT2D eigenvalue weighted by atomic mass is 32.2. The van der Waals surface area contributed by atoms with E-state index < -0.39 is 10.0 Å². The van der Waals surface area contributed by atoms with E-state index in [-0.39, 0.29) is 35.7 Å². The van der Waals surface area contributed by atoms with E-state index in [1.807, 2.05) is 19.9 Å². The number of sulfonamides is 1. The van der Waals surface area contributed by atoms with Gasteiger partial charge >= 0.3 is 0 Å². The van der Waals surface area contributed by atoms with Crippen LogP contribution in [0, 0.1) is 0 Å². The van der Waals surface area contributed by atoms with Gasteiger partial charge in [0.1, 0.15) is 5.75 Å². The van der Waals surface area contributed by atoms with Crippen molar-refractivity contribution in [1.29, 1.82) is 0 Å². The van der Waals surface area contributed by atoms with Crippen molar-refractivity contribution in [2.45, 2.75) is 44.6 Å². The summed E-state index contributed by atoms with van der Waals surface area (Å²) < 4.78 is 33.3. The monoisotopic (exact) mass is 445 g/mol. The number of ether oxygens (including phenoxy) is 1. The Bertz CT molecular complexity index is 1080. The highest BCUT2D eigenvalue weighted by Crippen LogP contribution is 2.33. The Morgan fingerprint density at radius 3 is 2.65 bits per heavy atom. The van der Waals surface area contributed by atoms with Gasteiger partial charge in [0.05, 0.1) is 17.2 Å². The summed E-state index contributed by atoms with van der Waals surface area (Å²) in [5.74, 6) is 0.164. The lowest BCUT2D eigenvalue weighted by Crippen LogP contribution is -2.33. The molecule has 1 aliphatic rings. The molecule has 0 unspecified atom stereocenters. The van der Waals surface area contributed by atoms with Gasteiger partial charge in [0.25, 0.3) is 0 Å². The van der Waals surface area contributed by atoms with Gasteiger partial charge in [-0.15, -0.1) is 0 Å². The van der Waals surface area contributed by atoms with E-state index in [0.717, 1.165) is 11.3 Å². The molecule has 1 heterocycles. The Morgan fingerprint density at radius 2 is 1.94 bits per heavy atom. The normalized spacial score (nSPS) is 15.5. The minimum Gasteiger partial charge on any atom is -0.492 e. The minimum absolute atomic E-state index is 0.0123. The second-order valence-electron chi connectivity index (χ2n) is 7.36. The first-order valence-corrected chi connectivity index (χ1v) is 11.6. The standard InChI is InChI=1S/C22H27N3O5S/c1-4-30-21-8-6-5-7-19(21)24-22(27)11-12-23-31(28,29)18-9-10-20-17(14-18)13-15(2)25(20)16(3)26/h5-10,14-15,23H,4,11-13H2,1-3H3,(H,24,27)/t15-/m0/s1. The smallest absolute Gasteiger partial charge is 0.240 e. The van der Waals surface area contributed by atoms with E-state index in [4.69, 9.17) is 4.74 Å². The summed E-state index contributed by atoms with van der Waals surface area (Å²) >= 11 is 0. The third-order valence-electron chi connectivity index (χ3n) is 5.02. The molecule has 8 nitrogen and oxygen atoms in total. The third kappa shape index (κ3) is 5.23. The Labute approximate surface area is 182 Å². The number of nitrogens with zero attached hydrogens (tertiary/aromatic N) is 1. The molecule has 2 aromatic rings. The maximum absolute atomic E-state index is 12.7. The molecule has 0 fully saturated rings. The number of carbonyl (C=O) groups excluding carboxylic acids is 2. The summed E-state index contributed by atoms with van der Waals surface area (Å²) in [5.41, 5.74) is 2.10. The average molecular weight is 446 g/mol. The van der Waals surface area contributed by atoms with Crippen LogP contribution in [0.2, 0.25) is 0 Å². The first-order chi connectivity index (χ1) is 14.7. The fourth-order valence-corrected chi connectivity index (χ4v) is 4.78. The Hall–Kier alpha value is -2.91. The SMILES string of the molecule is CCOc1ccccc1NC(=O)CCNS(=O)(=O)c1ccc2c(c1)C[C@H](C)N2C(C)=O. The Kier molecular flexibility index (Phi) is 6.97. The number of amides is 2. The Morgan fingerprint density at radius 1 is 1.19 bits per heavy atom. The number of anilines is 2. The quantitative estimate of drug-likeness (QED) is 0.650. The number of rotatable bonds is 8. The molecule has 2 N–H and O–H groups in total. The fourth-order valence-electron chi connectivity index (χ4n) is 3.70. The van der Waals surface area contributed by atoms with Crippen LogP contribution in [0.25, 0.3) is 0 Å². The zero-order valence-corrected chi connectivity index (χ0v) is 18.7. The van der Waals surface area contributed by atoms with Crippen LogP contribution in [-0.4, -0.2) is 39.4 Å². The highest BCUT2D eigenvalue weighted by molar-refractivity contribution is 7.89. The van der Waals surface area contributed by atoms with Crippen LogP contribution < -0.4 is 19.7 Å². The largest absolute Gasteiger partial charge is 0.492 e. The predicted octanol–water partition coefficient (Wildman–Crippen LogP) is 2.69. The molecule has 0 aromatic heterocycles. The molecule has 3 rings (SSSR count). The predicted molar refractivity (Wildman–Crippen MR) is 119 cm³/mol. The molecule has 0 spiro atoms. The van der Waals surface area contributed by atoms with Gasteiger partial charge in [-0.1, -0.05) is 12.1 Å². The first kappa shape index (κ1) is 22.8. The van der Waals surface area contributed by atoms with Crippen molar-refractivity contribution in [2.75, 3.05) is 23.4 Å². The summed E-state index contributed by atoms with van der Waals surface area (Å²) in [7, 11) is -3.78. The van der Waals surface area contributed by atoms with Crippen molar-refractivity contribution in [3.8, 4) is 5.75 Å². The molecule has 0 aliphatic carbocycles. The maximum Gasteiger partial charge on any atom is 0.240 e. The number of nitrogens with one attached hydrogen (secondary N) is 2. The molecule has 9 heteroatoms. The number of benzene rings is 2. The van der Waals surface area contributed by atoms with Gasteiger partial charge in [0.15, 0.2) is 0 Å². The molecular formula is C22H27N3O5S. The minimum atomic E-state index is -3.78. The number of hydrogen-bond donors (Lipinski definition) is 2. The van der Waals surface area contributed by atoms with Gasteiger partial charge in [-0.3, -0.25) is 9.59 Å². The van der Waals surface area contributed by atoms with Crippen LogP contribution >= 0.6 is 0 Å². The summed E-state index contributed by atoms with van der Waals surface area (Å²) in [4.78, 5) is 25.9. The van der Waals surface area contributed by atoms with Crippen LogP contribution in [0.4, 0.5) is 11.4 Å². The number of carbonyl (C=O) groups is 2. The molecule has 31 heavy (non-hydrogen) atoms. The van der Waals surface area contributed by atoms with Gasteiger partial charge < -0.3 is 15.0 Å². The molecule has 2 amide bonds. The lowest BCUT2D eigenvalue weighted by atomic mass is 10.1. The molecule has 1 aliphatic heterocycles. The van der Waals surface area contributed by atoms with E-state index in [2.05, 4.69) is 10.0 Å². The molecule has 0 bridgehead atoms. The van der Waals surface area contributed by atoms with Crippen molar-refractivity contribution in [1.82, 2.24) is 4.72 Å². The van der Waals surface area contributed by atoms with Gasteiger partial charge in [-0.05, 0) is 56.2 Å².